The Labute approximate surface area is 94.8 Å². The zero-order valence-electron chi connectivity index (χ0n) is 9.48. The Kier molecular flexibility index (Phi) is 3.03. The lowest BCUT2D eigenvalue weighted by Crippen LogP contribution is -2.46. The van der Waals surface area contributed by atoms with Gasteiger partial charge in [0.15, 0.2) is 0 Å². The first-order valence-corrected chi connectivity index (χ1v) is 5.87. The Bertz CT molecular complexity index is 306. The summed E-state index contributed by atoms with van der Waals surface area (Å²) in [5.41, 5.74) is 0. The molecule has 0 spiro atoms. The second-order valence-corrected chi connectivity index (χ2v) is 4.85. The number of hydrogen-bond acceptors (Lipinski definition) is 2. The summed E-state index contributed by atoms with van der Waals surface area (Å²) in [5.74, 6) is 0.399. The van der Waals surface area contributed by atoms with Gasteiger partial charge in [-0.3, -0.25) is 0 Å². The molecule has 2 rings (SSSR count). The normalized spacial score (nSPS) is 32.6. The van der Waals surface area contributed by atoms with Gasteiger partial charge in [-0.2, -0.15) is 0 Å². The summed E-state index contributed by atoms with van der Waals surface area (Å²) in [6, 6.07) is -0.847. The number of hydrogen-bond donors (Lipinski definition) is 2. The van der Waals surface area contributed by atoms with Crippen LogP contribution in [-0.4, -0.2) is 41.1 Å². The van der Waals surface area contributed by atoms with Crippen molar-refractivity contribution in [2.45, 2.75) is 32.2 Å². The van der Waals surface area contributed by atoms with E-state index in [1.54, 1.807) is 0 Å². The fourth-order valence-electron chi connectivity index (χ4n) is 2.27. The Morgan fingerprint density at radius 3 is 2.75 bits per heavy atom. The van der Waals surface area contributed by atoms with Crippen LogP contribution in [0.25, 0.3) is 0 Å². The van der Waals surface area contributed by atoms with Gasteiger partial charge in [-0.25, -0.2) is 9.59 Å². The predicted molar refractivity (Wildman–Crippen MR) is 58.0 cm³/mol. The number of aliphatic carboxylic acids is 1. The van der Waals surface area contributed by atoms with Crippen molar-refractivity contribution in [3.8, 4) is 0 Å². The SMILES string of the molecule is CC1CC1CNC(=O)N1CCCC1C(=O)O. The molecule has 0 aromatic heterocycles. The first-order valence-electron chi connectivity index (χ1n) is 5.87. The highest BCUT2D eigenvalue weighted by Gasteiger charge is 2.36. The van der Waals surface area contributed by atoms with Crippen LogP contribution < -0.4 is 5.32 Å². The molecule has 0 radical (unpaired) electrons. The average molecular weight is 226 g/mol. The lowest BCUT2D eigenvalue weighted by Gasteiger charge is -2.21. The lowest BCUT2D eigenvalue weighted by molar-refractivity contribution is -0.141. The van der Waals surface area contributed by atoms with Gasteiger partial charge in [0.1, 0.15) is 6.04 Å². The van der Waals surface area contributed by atoms with Crippen LogP contribution in [0.4, 0.5) is 4.79 Å². The summed E-state index contributed by atoms with van der Waals surface area (Å²) in [6.45, 7) is 3.40. The van der Waals surface area contributed by atoms with Crippen LogP contribution in [0.15, 0.2) is 0 Å². The summed E-state index contributed by atoms with van der Waals surface area (Å²) in [7, 11) is 0. The third-order valence-electron chi connectivity index (χ3n) is 3.59. The van der Waals surface area contributed by atoms with E-state index in [9.17, 15) is 9.59 Å². The molecule has 16 heavy (non-hydrogen) atoms. The van der Waals surface area contributed by atoms with E-state index in [1.807, 2.05) is 0 Å². The zero-order valence-corrected chi connectivity index (χ0v) is 9.48. The number of amides is 2. The van der Waals surface area contributed by atoms with Gasteiger partial charge in [-0.05, 0) is 31.1 Å². The maximum absolute atomic E-state index is 11.8. The maximum Gasteiger partial charge on any atom is 0.326 e. The van der Waals surface area contributed by atoms with E-state index in [-0.39, 0.29) is 6.03 Å². The predicted octanol–water partition coefficient (Wildman–Crippen LogP) is 0.901. The van der Waals surface area contributed by atoms with E-state index in [2.05, 4.69) is 12.2 Å². The highest BCUT2D eigenvalue weighted by atomic mass is 16.4. The van der Waals surface area contributed by atoms with Gasteiger partial charge >= 0.3 is 12.0 Å². The van der Waals surface area contributed by atoms with Crippen LogP contribution in [0.1, 0.15) is 26.2 Å². The van der Waals surface area contributed by atoms with Gasteiger partial charge in [0.05, 0.1) is 0 Å². The van der Waals surface area contributed by atoms with Crippen molar-refractivity contribution in [2.75, 3.05) is 13.1 Å². The van der Waals surface area contributed by atoms with Crippen molar-refractivity contribution in [1.82, 2.24) is 10.2 Å². The molecule has 5 nitrogen and oxygen atoms in total. The highest BCUT2D eigenvalue weighted by Crippen LogP contribution is 2.36. The summed E-state index contributed by atoms with van der Waals surface area (Å²) >= 11 is 0. The topological polar surface area (TPSA) is 69.6 Å². The van der Waals surface area contributed by atoms with Crippen LogP contribution in [0.2, 0.25) is 0 Å². The van der Waals surface area contributed by atoms with Crippen molar-refractivity contribution in [3.63, 3.8) is 0 Å². The van der Waals surface area contributed by atoms with Crippen molar-refractivity contribution in [3.05, 3.63) is 0 Å². The third-order valence-corrected chi connectivity index (χ3v) is 3.59. The van der Waals surface area contributed by atoms with E-state index >= 15 is 0 Å². The maximum atomic E-state index is 11.8. The molecule has 2 amide bonds. The standard InChI is InChI=1S/C11H18N2O3/c1-7-5-8(7)6-12-11(16)13-4-2-3-9(13)10(14)15/h7-9H,2-6H2,1H3,(H,12,16)(H,14,15). The van der Waals surface area contributed by atoms with Crippen LogP contribution in [0.3, 0.4) is 0 Å². The molecule has 1 heterocycles. The molecule has 0 bridgehead atoms. The minimum atomic E-state index is -0.896. The quantitative estimate of drug-likeness (QED) is 0.751. The van der Waals surface area contributed by atoms with Crippen LogP contribution in [0.5, 0.6) is 0 Å². The second-order valence-electron chi connectivity index (χ2n) is 4.85. The molecule has 1 aliphatic carbocycles. The van der Waals surface area contributed by atoms with E-state index < -0.39 is 12.0 Å². The summed E-state index contributed by atoms with van der Waals surface area (Å²) < 4.78 is 0. The number of rotatable bonds is 3. The third kappa shape index (κ3) is 2.28. The molecule has 2 N–H and O–H groups in total. The molecule has 1 saturated carbocycles. The number of urea groups is 1. The van der Waals surface area contributed by atoms with Gasteiger partial charge in [0.2, 0.25) is 0 Å². The molecule has 3 atom stereocenters. The van der Waals surface area contributed by atoms with E-state index in [0.717, 1.165) is 6.42 Å². The van der Waals surface area contributed by atoms with Crippen LogP contribution >= 0.6 is 0 Å². The molecule has 1 saturated heterocycles. The van der Waals surface area contributed by atoms with E-state index in [1.165, 1.54) is 11.3 Å². The van der Waals surface area contributed by atoms with Gasteiger partial charge in [-0.15, -0.1) is 0 Å². The monoisotopic (exact) mass is 226 g/mol. The van der Waals surface area contributed by atoms with Crippen molar-refractivity contribution < 1.29 is 14.7 Å². The zero-order chi connectivity index (χ0) is 11.7. The van der Waals surface area contributed by atoms with Gasteiger partial charge in [-0.1, -0.05) is 6.92 Å². The summed E-state index contributed by atoms with van der Waals surface area (Å²) in [4.78, 5) is 24.1. The van der Waals surface area contributed by atoms with Crippen molar-refractivity contribution >= 4 is 12.0 Å². The Hall–Kier alpha value is -1.26. The molecular weight excluding hydrogens is 208 g/mol. The molecule has 0 aromatic rings. The number of nitrogens with one attached hydrogen (secondary N) is 1. The van der Waals surface area contributed by atoms with Gasteiger partial charge < -0.3 is 15.3 Å². The summed E-state index contributed by atoms with van der Waals surface area (Å²) in [5, 5.41) is 11.8. The van der Waals surface area contributed by atoms with Crippen molar-refractivity contribution in [1.29, 1.82) is 0 Å². The molecule has 90 valence electrons. The Morgan fingerprint density at radius 2 is 2.19 bits per heavy atom. The molecule has 0 aromatic carbocycles. The van der Waals surface area contributed by atoms with Crippen LogP contribution in [0, 0.1) is 11.8 Å². The average Bonchev–Trinajstić information content (AvgIpc) is 2.78. The second kappa shape index (κ2) is 4.31. The lowest BCUT2D eigenvalue weighted by atomic mass is 10.2. The molecule has 1 aliphatic heterocycles. The largest absolute Gasteiger partial charge is 0.480 e. The number of carbonyl (C=O) groups is 2. The summed E-state index contributed by atoms with van der Waals surface area (Å²) in [6.07, 6.45) is 2.52. The Morgan fingerprint density at radius 1 is 1.50 bits per heavy atom. The minimum absolute atomic E-state index is 0.219. The molecule has 5 heteroatoms. The number of likely N-dealkylation sites (tertiary alicyclic amines) is 1. The molecule has 3 unspecified atom stereocenters. The number of nitrogens with zero attached hydrogens (tertiary/aromatic N) is 1. The van der Waals surface area contributed by atoms with E-state index in [4.69, 9.17) is 5.11 Å². The highest BCUT2D eigenvalue weighted by molar-refractivity contribution is 5.83. The fourth-order valence-corrected chi connectivity index (χ4v) is 2.27. The molecular formula is C11H18N2O3. The van der Waals surface area contributed by atoms with E-state index in [0.29, 0.717) is 31.3 Å². The number of carboxylic acids is 1. The number of carbonyl (C=O) groups excluding carboxylic acids is 1. The minimum Gasteiger partial charge on any atom is -0.480 e. The first kappa shape index (κ1) is 11.2. The van der Waals surface area contributed by atoms with Crippen LogP contribution in [-0.2, 0) is 4.79 Å². The Balaban J connectivity index is 1.81. The first-order chi connectivity index (χ1) is 7.59. The fraction of sp³-hybridized carbons (Fsp3) is 0.818. The smallest absolute Gasteiger partial charge is 0.326 e. The van der Waals surface area contributed by atoms with Crippen molar-refractivity contribution in [2.24, 2.45) is 11.8 Å². The molecule has 2 fully saturated rings. The number of carboxylic acid groups (broad SMARTS) is 1. The molecule has 2 aliphatic rings. The van der Waals surface area contributed by atoms with Gasteiger partial charge in [0.25, 0.3) is 0 Å². The van der Waals surface area contributed by atoms with Gasteiger partial charge in [0, 0.05) is 13.1 Å².